The van der Waals surface area contributed by atoms with Crippen LogP contribution in [0.15, 0.2) is 0 Å². The molecule has 9 heteroatoms. The molecule has 0 radical (unpaired) electrons. The summed E-state index contributed by atoms with van der Waals surface area (Å²) in [6.07, 6.45) is 2.95. The number of nitrogen functional groups attached to an aromatic ring is 2. The van der Waals surface area contributed by atoms with Gasteiger partial charge in [-0.3, -0.25) is 14.6 Å². The highest BCUT2D eigenvalue weighted by molar-refractivity contribution is 6.13. The molecule has 0 spiro atoms. The number of hydrogen-bond acceptors (Lipinski definition) is 7. The van der Waals surface area contributed by atoms with E-state index in [0.717, 1.165) is 19.3 Å². The van der Waals surface area contributed by atoms with Crippen LogP contribution in [0.25, 0.3) is 10.8 Å². The summed E-state index contributed by atoms with van der Waals surface area (Å²) >= 11 is 0. The summed E-state index contributed by atoms with van der Waals surface area (Å²) in [5, 5.41) is 21.1. The van der Waals surface area contributed by atoms with Crippen molar-refractivity contribution < 1.29 is 14.9 Å². The SMILES string of the molecule is CC(C)(C)N1C(=O)Cc2c1nc(N)c1c(N)[nH+]c(N3CCCC[C@@H]3CO)c(C#N)c21. The third-order valence-electron chi connectivity index (χ3n) is 6.01. The highest BCUT2D eigenvalue weighted by Crippen LogP contribution is 2.43. The number of nitriles is 1. The molecule has 0 unspecified atom stereocenters. The molecule has 1 atom stereocenters. The molecular weight excluding hydrogens is 382 g/mol. The molecule has 2 aliphatic heterocycles. The molecule has 2 aliphatic rings. The van der Waals surface area contributed by atoms with Crippen molar-refractivity contribution in [2.75, 3.05) is 34.4 Å². The number of aliphatic hydroxyl groups excluding tert-OH is 1. The van der Waals surface area contributed by atoms with Crippen LogP contribution in [0.3, 0.4) is 0 Å². The minimum Gasteiger partial charge on any atom is -0.393 e. The fraction of sp³-hybridized carbons (Fsp3) is 0.524. The molecule has 2 aromatic rings. The Morgan fingerprint density at radius 3 is 2.67 bits per heavy atom. The number of amides is 1. The van der Waals surface area contributed by atoms with E-state index in [9.17, 15) is 15.2 Å². The second kappa shape index (κ2) is 6.99. The average molecular weight is 411 g/mol. The number of nitrogens with one attached hydrogen (secondary N) is 1. The van der Waals surface area contributed by atoms with Crippen LogP contribution in [-0.4, -0.2) is 40.7 Å². The first-order chi connectivity index (χ1) is 14.2. The van der Waals surface area contributed by atoms with E-state index in [1.165, 1.54) is 0 Å². The number of aliphatic hydroxyl groups is 1. The van der Waals surface area contributed by atoms with Crippen molar-refractivity contribution in [2.45, 2.75) is 58.0 Å². The molecule has 30 heavy (non-hydrogen) atoms. The Balaban J connectivity index is 2.05. The van der Waals surface area contributed by atoms with Gasteiger partial charge in [0, 0.05) is 16.5 Å². The number of H-pyrrole nitrogens is 1. The summed E-state index contributed by atoms with van der Waals surface area (Å²) in [4.78, 5) is 24.2. The van der Waals surface area contributed by atoms with E-state index in [1.807, 2.05) is 25.7 Å². The molecule has 1 fully saturated rings. The number of nitrogens with two attached hydrogens (primary N) is 2. The lowest BCUT2D eigenvalue weighted by atomic mass is 9.97. The van der Waals surface area contributed by atoms with Gasteiger partial charge in [-0.1, -0.05) is 0 Å². The van der Waals surface area contributed by atoms with Crippen LogP contribution in [0, 0.1) is 11.3 Å². The Bertz CT molecular complexity index is 1080. The zero-order chi connectivity index (χ0) is 21.8. The number of pyridine rings is 2. The predicted molar refractivity (Wildman–Crippen MR) is 115 cm³/mol. The highest BCUT2D eigenvalue weighted by atomic mass is 16.3. The molecule has 9 nitrogen and oxygen atoms in total. The third-order valence-corrected chi connectivity index (χ3v) is 6.01. The topological polar surface area (TPSA) is 147 Å². The van der Waals surface area contributed by atoms with Crippen LogP contribution in [0.5, 0.6) is 0 Å². The quantitative estimate of drug-likeness (QED) is 0.672. The fourth-order valence-electron chi connectivity index (χ4n) is 4.75. The summed E-state index contributed by atoms with van der Waals surface area (Å²) < 4.78 is 0. The smallest absolute Gasteiger partial charge is 0.240 e. The van der Waals surface area contributed by atoms with Crippen LogP contribution < -0.4 is 26.3 Å². The van der Waals surface area contributed by atoms with E-state index in [1.54, 1.807) is 4.90 Å². The van der Waals surface area contributed by atoms with Crippen molar-refractivity contribution in [1.29, 1.82) is 5.26 Å². The summed E-state index contributed by atoms with van der Waals surface area (Å²) in [5.41, 5.74) is 13.2. The molecule has 4 heterocycles. The number of nitrogens with zero attached hydrogens (tertiary/aromatic N) is 4. The minimum atomic E-state index is -0.480. The fourth-order valence-corrected chi connectivity index (χ4v) is 4.75. The monoisotopic (exact) mass is 410 g/mol. The molecule has 0 aliphatic carbocycles. The van der Waals surface area contributed by atoms with Crippen LogP contribution in [0.4, 0.5) is 23.3 Å². The molecule has 0 aromatic carbocycles. The van der Waals surface area contributed by atoms with Crippen LogP contribution >= 0.6 is 0 Å². The van der Waals surface area contributed by atoms with Gasteiger partial charge >= 0.3 is 0 Å². The van der Waals surface area contributed by atoms with E-state index in [2.05, 4.69) is 16.0 Å². The summed E-state index contributed by atoms with van der Waals surface area (Å²) in [6.45, 7) is 6.50. The molecule has 1 amide bonds. The van der Waals surface area contributed by atoms with E-state index < -0.39 is 5.54 Å². The second-order valence-electron chi connectivity index (χ2n) is 9.03. The molecule has 1 saturated heterocycles. The van der Waals surface area contributed by atoms with E-state index in [4.69, 9.17) is 11.5 Å². The van der Waals surface area contributed by atoms with Gasteiger partial charge in [0.1, 0.15) is 23.3 Å². The van der Waals surface area contributed by atoms with Gasteiger partial charge in [0.15, 0.2) is 0 Å². The number of rotatable bonds is 2. The van der Waals surface area contributed by atoms with Crippen LogP contribution in [-0.2, 0) is 11.2 Å². The normalized spacial score (nSPS) is 19.3. The Morgan fingerprint density at radius 1 is 1.30 bits per heavy atom. The first-order valence-electron chi connectivity index (χ1n) is 10.3. The minimum absolute atomic E-state index is 0.0104. The van der Waals surface area contributed by atoms with Gasteiger partial charge in [0.2, 0.25) is 17.5 Å². The van der Waals surface area contributed by atoms with E-state index >= 15 is 0 Å². The third kappa shape index (κ3) is 2.91. The van der Waals surface area contributed by atoms with Gasteiger partial charge in [-0.15, -0.1) is 0 Å². The number of aromatic amines is 1. The molecule has 2 aromatic heterocycles. The van der Waals surface area contributed by atoms with Crippen LogP contribution in [0.2, 0.25) is 0 Å². The van der Waals surface area contributed by atoms with Crippen molar-refractivity contribution in [3.05, 3.63) is 11.1 Å². The standard InChI is InChI=1S/C21H27N7O2/c1-21(2,3)28-14(30)8-12-15-13(9-22)19(27-7-5-4-6-11(27)10-29)25-17(23)16(15)18(24)26-20(12)28/h11,29H,4-8,10H2,1-3H3,(H2,23,25)(H2,24,26)/p+1/t11-/m1/s1. The lowest BCUT2D eigenvalue weighted by Crippen LogP contribution is -2.45. The van der Waals surface area contributed by atoms with Crippen molar-refractivity contribution >= 4 is 40.0 Å². The van der Waals surface area contributed by atoms with Crippen molar-refractivity contribution in [3.8, 4) is 6.07 Å². The van der Waals surface area contributed by atoms with E-state index in [-0.39, 0.29) is 30.8 Å². The Kier molecular flexibility index (Phi) is 4.70. The number of aromatic nitrogens is 2. The molecule has 4 rings (SSSR count). The van der Waals surface area contributed by atoms with Crippen LogP contribution in [0.1, 0.15) is 51.2 Å². The van der Waals surface area contributed by atoms with Crippen molar-refractivity contribution in [3.63, 3.8) is 0 Å². The maximum Gasteiger partial charge on any atom is 0.240 e. The van der Waals surface area contributed by atoms with Gasteiger partial charge < -0.3 is 16.6 Å². The summed E-state index contributed by atoms with van der Waals surface area (Å²) in [6, 6.07) is 2.21. The molecule has 0 bridgehead atoms. The first-order valence-corrected chi connectivity index (χ1v) is 10.3. The van der Waals surface area contributed by atoms with Gasteiger partial charge in [0.25, 0.3) is 0 Å². The molecule has 0 saturated carbocycles. The second-order valence-corrected chi connectivity index (χ2v) is 9.03. The largest absolute Gasteiger partial charge is 0.393 e. The van der Waals surface area contributed by atoms with Gasteiger partial charge in [-0.2, -0.15) is 5.26 Å². The average Bonchev–Trinajstić information content (AvgIpc) is 3.03. The number of hydrogen-bond donors (Lipinski definition) is 3. The van der Waals surface area contributed by atoms with E-state index in [0.29, 0.717) is 45.9 Å². The number of carbonyl (C=O) groups excluding carboxylic acids is 1. The lowest BCUT2D eigenvalue weighted by Gasteiger charge is -2.32. The van der Waals surface area contributed by atoms with Gasteiger partial charge in [0.05, 0.1) is 31.0 Å². The van der Waals surface area contributed by atoms with Crippen molar-refractivity contribution in [1.82, 2.24) is 4.98 Å². The van der Waals surface area contributed by atoms with Gasteiger partial charge in [-0.05, 0) is 40.0 Å². The number of fused-ring (bicyclic) bond motifs is 3. The number of anilines is 4. The van der Waals surface area contributed by atoms with Gasteiger partial charge in [-0.25, -0.2) is 9.97 Å². The first kappa shape index (κ1) is 20.2. The Labute approximate surface area is 175 Å². The highest BCUT2D eigenvalue weighted by Gasteiger charge is 2.40. The lowest BCUT2D eigenvalue weighted by molar-refractivity contribution is -0.345. The maximum atomic E-state index is 12.9. The zero-order valence-corrected chi connectivity index (χ0v) is 17.6. The predicted octanol–water partition coefficient (Wildman–Crippen LogP) is 1.12. The molecular formula is C21H28N7O2+. The Morgan fingerprint density at radius 2 is 2.03 bits per heavy atom. The Hall–Kier alpha value is -3.12. The van der Waals surface area contributed by atoms with Crippen molar-refractivity contribution in [2.24, 2.45) is 0 Å². The molecule has 6 N–H and O–H groups in total. The maximum absolute atomic E-state index is 12.9. The zero-order valence-electron chi connectivity index (χ0n) is 17.6. The summed E-state index contributed by atoms with van der Waals surface area (Å²) in [7, 11) is 0. The molecule has 158 valence electrons. The summed E-state index contributed by atoms with van der Waals surface area (Å²) in [5.74, 6) is 1.45. The number of carbonyl (C=O) groups is 1. The number of piperidine rings is 1.